The Kier molecular flexibility index (Phi) is 5.60. The predicted molar refractivity (Wildman–Crippen MR) is 104 cm³/mol. The summed E-state index contributed by atoms with van der Waals surface area (Å²) in [5.74, 6) is -0.875. The van der Waals surface area contributed by atoms with Gasteiger partial charge in [-0.05, 0) is 50.2 Å². The average molecular weight is 401 g/mol. The maximum Gasteiger partial charge on any atom is 0.338 e. The quantitative estimate of drug-likeness (QED) is 0.640. The van der Waals surface area contributed by atoms with E-state index in [1.54, 1.807) is 37.4 Å². The number of aryl methyl sites for hydroxylation is 1. The van der Waals surface area contributed by atoms with Crippen molar-refractivity contribution in [2.45, 2.75) is 20.0 Å². The summed E-state index contributed by atoms with van der Waals surface area (Å²) in [6.07, 6.45) is 1.96. The van der Waals surface area contributed by atoms with Crippen LogP contribution >= 0.6 is 11.6 Å². The smallest absolute Gasteiger partial charge is 0.338 e. The molecule has 8 nitrogen and oxygen atoms in total. The fourth-order valence-electron chi connectivity index (χ4n) is 2.48. The van der Waals surface area contributed by atoms with Gasteiger partial charge in [0.25, 0.3) is 5.91 Å². The Bertz CT molecular complexity index is 1050. The molecule has 0 aliphatic heterocycles. The van der Waals surface area contributed by atoms with Crippen LogP contribution in [0.15, 0.2) is 53.6 Å². The van der Waals surface area contributed by atoms with Crippen LogP contribution in [0.4, 0.5) is 5.82 Å². The van der Waals surface area contributed by atoms with Gasteiger partial charge in [0, 0.05) is 18.1 Å². The number of hydrogen-bond acceptors (Lipinski definition) is 5. The van der Waals surface area contributed by atoms with Gasteiger partial charge in [0.2, 0.25) is 0 Å². The number of hydrogen-bond donors (Lipinski definition) is 2. The summed E-state index contributed by atoms with van der Waals surface area (Å²) in [7, 11) is 0. The zero-order valence-electron chi connectivity index (χ0n) is 15.1. The number of nitrogens with zero attached hydrogens (tertiary/aromatic N) is 2. The van der Waals surface area contributed by atoms with Gasteiger partial charge < -0.3 is 15.0 Å². The molecular formula is C19H17ClN4O4. The molecular weight excluding hydrogens is 384 g/mol. The monoisotopic (exact) mass is 400 g/mol. The zero-order chi connectivity index (χ0) is 20.3. The summed E-state index contributed by atoms with van der Waals surface area (Å²) in [5, 5.41) is 2.98. The number of carbonyl (C=O) groups excluding carboxylic acids is 2. The number of H-pyrrole nitrogens is 1. The molecule has 2 aromatic heterocycles. The standard InChI is InChI=1S/C19H17ClN4O4/c1-11-9-22-19(27)24(11)15-6-3-13(4-7-15)18(26)28-12(2)17(25)23-16-8-5-14(20)10-21-16/h3-10,12H,1-2H3,(H,22,27)(H,21,23,25). The second kappa shape index (κ2) is 8.10. The van der Waals surface area contributed by atoms with Gasteiger partial charge in [-0.1, -0.05) is 11.6 Å². The Labute approximate surface area is 165 Å². The highest BCUT2D eigenvalue weighted by atomic mass is 35.5. The lowest BCUT2D eigenvalue weighted by Crippen LogP contribution is -2.30. The Morgan fingerprint density at radius 1 is 1.21 bits per heavy atom. The van der Waals surface area contributed by atoms with Crippen molar-refractivity contribution >= 4 is 29.3 Å². The van der Waals surface area contributed by atoms with E-state index >= 15 is 0 Å². The fraction of sp³-hybridized carbons (Fsp3) is 0.158. The van der Waals surface area contributed by atoms with E-state index in [9.17, 15) is 14.4 Å². The van der Waals surface area contributed by atoms with Crippen LogP contribution in [0.2, 0.25) is 5.02 Å². The third-order valence-corrected chi connectivity index (χ3v) is 4.18. The molecule has 1 aromatic carbocycles. The number of rotatable bonds is 5. The van der Waals surface area contributed by atoms with E-state index in [1.807, 2.05) is 0 Å². The third kappa shape index (κ3) is 4.29. The average Bonchev–Trinajstić information content (AvgIpc) is 3.02. The normalized spacial score (nSPS) is 11.7. The third-order valence-electron chi connectivity index (χ3n) is 3.95. The molecule has 0 radical (unpaired) electrons. The molecule has 1 amide bonds. The molecule has 1 atom stereocenters. The molecule has 3 aromatic rings. The van der Waals surface area contributed by atoms with Gasteiger partial charge in [0.1, 0.15) is 5.82 Å². The number of pyridine rings is 1. The van der Waals surface area contributed by atoms with Gasteiger partial charge >= 0.3 is 11.7 Å². The minimum atomic E-state index is -1.03. The number of anilines is 1. The van der Waals surface area contributed by atoms with Crippen LogP contribution in [0, 0.1) is 6.92 Å². The van der Waals surface area contributed by atoms with Gasteiger partial charge in [-0.15, -0.1) is 0 Å². The molecule has 0 spiro atoms. The maximum atomic E-state index is 12.3. The molecule has 2 N–H and O–H groups in total. The van der Waals surface area contributed by atoms with Gasteiger partial charge in [0.05, 0.1) is 16.3 Å². The minimum Gasteiger partial charge on any atom is -0.449 e. The van der Waals surface area contributed by atoms with Crippen molar-refractivity contribution in [1.82, 2.24) is 14.5 Å². The van der Waals surface area contributed by atoms with Crippen LogP contribution in [-0.4, -0.2) is 32.5 Å². The van der Waals surface area contributed by atoms with E-state index in [1.165, 1.54) is 29.8 Å². The number of ether oxygens (including phenoxy) is 1. The molecule has 144 valence electrons. The highest BCUT2D eigenvalue weighted by molar-refractivity contribution is 6.30. The molecule has 9 heteroatoms. The van der Waals surface area contributed by atoms with Crippen molar-refractivity contribution in [3.05, 3.63) is 75.6 Å². The van der Waals surface area contributed by atoms with Crippen LogP contribution in [0.25, 0.3) is 5.69 Å². The van der Waals surface area contributed by atoms with E-state index in [2.05, 4.69) is 15.3 Å². The highest BCUT2D eigenvalue weighted by Gasteiger charge is 2.19. The van der Waals surface area contributed by atoms with Crippen LogP contribution in [0.5, 0.6) is 0 Å². The Hall–Kier alpha value is -3.39. The van der Waals surface area contributed by atoms with Crippen molar-refractivity contribution < 1.29 is 14.3 Å². The molecule has 0 saturated heterocycles. The number of esters is 1. The lowest BCUT2D eigenvalue weighted by Gasteiger charge is -2.13. The van der Waals surface area contributed by atoms with Gasteiger partial charge in [-0.25, -0.2) is 14.6 Å². The van der Waals surface area contributed by atoms with Crippen molar-refractivity contribution in [2.75, 3.05) is 5.32 Å². The summed E-state index contributed by atoms with van der Waals surface area (Å²) < 4.78 is 6.67. The second-order valence-electron chi connectivity index (χ2n) is 6.02. The van der Waals surface area contributed by atoms with Crippen molar-refractivity contribution in [3.63, 3.8) is 0 Å². The number of amides is 1. The maximum absolute atomic E-state index is 12.3. The zero-order valence-corrected chi connectivity index (χ0v) is 15.9. The number of aromatic nitrogens is 3. The number of benzene rings is 1. The number of halogens is 1. The van der Waals surface area contributed by atoms with Crippen LogP contribution in [-0.2, 0) is 9.53 Å². The summed E-state index contributed by atoms with van der Waals surface area (Å²) in [5.41, 5.74) is 1.34. The first-order valence-corrected chi connectivity index (χ1v) is 8.74. The Balaban J connectivity index is 1.64. The predicted octanol–water partition coefficient (Wildman–Crippen LogP) is 2.71. The van der Waals surface area contributed by atoms with Crippen LogP contribution < -0.4 is 11.0 Å². The Morgan fingerprint density at radius 3 is 2.50 bits per heavy atom. The van der Waals surface area contributed by atoms with Crippen molar-refractivity contribution in [2.24, 2.45) is 0 Å². The van der Waals surface area contributed by atoms with Gasteiger partial charge in [0.15, 0.2) is 6.10 Å². The van der Waals surface area contributed by atoms with E-state index < -0.39 is 18.0 Å². The van der Waals surface area contributed by atoms with E-state index in [4.69, 9.17) is 16.3 Å². The van der Waals surface area contributed by atoms with E-state index in [0.717, 1.165) is 5.69 Å². The van der Waals surface area contributed by atoms with E-state index in [0.29, 0.717) is 16.5 Å². The molecule has 1 unspecified atom stereocenters. The van der Waals surface area contributed by atoms with Gasteiger partial charge in [-0.2, -0.15) is 0 Å². The fourth-order valence-corrected chi connectivity index (χ4v) is 2.59. The lowest BCUT2D eigenvalue weighted by molar-refractivity contribution is -0.123. The van der Waals surface area contributed by atoms with Gasteiger partial charge in [-0.3, -0.25) is 9.36 Å². The Morgan fingerprint density at radius 2 is 1.93 bits per heavy atom. The van der Waals surface area contributed by atoms with Crippen LogP contribution in [0.3, 0.4) is 0 Å². The summed E-state index contributed by atoms with van der Waals surface area (Å²) >= 11 is 5.74. The number of nitrogens with one attached hydrogen (secondary N) is 2. The SMILES string of the molecule is Cc1c[nH]c(=O)n1-c1ccc(C(=O)OC(C)C(=O)Nc2ccc(Cl)cn2)cc1. The molecule has 0 fully saturated rings. The molecule has 0 saturated carbocycles. The van der Waals surface area contributed by atoms with Crippen molar-refractivity contribution in [3.8, 4) is 5.69 Å². The number of imidazole rings is 1. The molecule has 28 heavy (non-hydrogen) atoms. The second-order valence-corrected chi connectivity index (χ2v) is 6.45. The minimum absolute atomic E-state index is 0.259. The first-order chi connectivity index (χ1) is 13.3. The summed E-state index contributed by atoms with van der Waals surface area (Å²) in [6.45, 7) is 3.25. The van der Waals surface area contributed by atoms with Crippen molar-refractivity contribution in [1.29, 1.82) is 0 Å². The lowest BCUT2D eigenvalue weighted by atomic mass is 10.2. The molecule has 0 aliphatic rings. The highest BCUT2D eigenvalue weighted by Crippen LogP contribution is 2.13. The van der Waals surface area contributed by atoms with E-state index in [-0.39, 0.29) is 11.3 Å². The molecule has 0 aliphatic carbocycles. The molecule has 3 rings (SSSR count). The number of aromatic amines is 1. The largest absolute Gasteiger partial charge is 0.449 e. The topological polar surface area (TPSA) is 106 Å². The first kappa shape index (κ1) is 19.4. The van der Waals surface area contributed by atoms with Crippen LogP contribution in [0.1, 0.15) is 23.0 Å². The molecule has 2 heterocycles. The summed E-state index contributed by atoms with van der Waals surface area (Å²) in [4.78, 5) is 42.8. The molecule has 0 bridgehead atoms. The number of carbonyl (C=O) groups is 2. The summed E-state index contributed by atoms with van der Waals surface area (Å²) in [6, 6.07) is 9.44. The first-order valence-electron chi connectivity index (χ1n) is 8.36.